The number of nitrogens with zero attached hydrogens (tertiary/aromatic N) is 2. The molecule has 0 saturated heterocycles. The van der Waals surface area contributed by atoms with Crippen molar-refractivity contribution in [2.75, 3.05) is 13.2 Å². The van der Waals surface area contributed by atoms with Gasteiger partial charge in [0.25, 0.3) is 0 Å². The number of benzene rings is 2. The maximum absolute atomic E-state index is 9.00. The van der Waals surface area contributed by atoms with Crippen LogP contribution in [0.1, 0.15) is 42.3 Å². The van der Waals surface area contributed by atoms with Gasteiger partial charge in [-0.1, -0.05) is 6.07 Å². The zero-order chi connectivity index (χ0) is 18.5. The topological polar surface area (TPSA) is 75.9 Å². The van der Waals surface area contributed by atoms with Crippen LogP contribution in [0.4, 0.5) is 0 Å². The van der Waals surface area contributed by atoms with Gasteiger partial charge in [-0.05, 0) is 56.7 Å². The second-order valence-electron chi connectivity index (χ2n) is 5.76. The second kappa shape index (κ2) is 7.89. The van der Waals surface area contributed by atoms with Gasteiger partial charge >= 0.3 is 0 Å². The Balaban J connectivity index is 1.87. The van der Waals surface area contributed by atoms with Gasteiger partial charge in [-0.25, -0.2) is 15.3 Å². The summed E-state index contributed by atoms with van der Waals surface area (Å²) in [5.74, 6) is 2.02. The Hall–Kier alpha value is -3.04. The molecule has 0 radical (unpaired) electrons. The minimum Gasteiger partial charge on any atom is -0.490 e. The van der Waals surface area contributed by atoms with Crippen molar-refractivity contribution in [2.45, 2.75) is 27.0 Å². The minimum atomic E-state index is -0.477. The van der Waals surface area contributed by atoms with Gasteiger partial charge in [-0.2, -0.15) is 5.26 Å². The smallest absolute Gasteiger partial charge is 0.202 e. The molecule has 134 valence electrons. The summed E-state index contributed by atoms with van der Waals surface area (Å²) in [5, 5.41) is 9.00. The molecule has 0 spiro atoms. The lowest BCUT2D eigenvalue weighted by molar-refractivity contribution is 0.0375. The molecule has 1 aliphatic rings. The number of hydrogen-bond donors (Lipinski definition) is 1. The lowest BCUT2D eigenvalue weighted by Crippen LogP contribution is -2.19. The summed E-state index contributed by atoms with van der Waals surface area (Å²) in [5.41, 5.74) is 6.24. The van der Waals surface area contributed by atoms with E-state index in [1.165, 1.54) is 0 Å². The predicted molar refractivity (Wildman–Crippen MR) is 98.2 cm³/mol. The third-order valence-corrected chi connectivity index (χ3v) is 3.98. The van der Waals surface area contributed by atoms with Crippen LogP contribution < -0.4 is 15.0 Å². The number of hydroxylamine groups is 1. The molecule has 26 heavy (non-hydrogen) atoms. The fourth-order valence-corrected chi connectivity index (χ4v) is 2.77. The number of nitrogens with one attached hydrogen (secondary N) is 1. The van der Waals surface area contributed by atoms with Crippen LogP contribution in [0.15, 0.2) is 41.4 Å². The van der Waals surface area contributed by atoms with E-state index in [1.807, 2.05) is 51.1 Å². The Labute approximate surface area is 153 Å². The van der Waals surface area contributed by atoms with E-state index < -0.39 is 6.23 Å². The summed E-state index contributed by atoms with van der Waals surface area (Å²) in [6, 6.07) is 13.3. The first-order chi connectivity index (χ1) is 12.7. The fourth-order valence-electron chi connectivity index (χ4n) is 2.77. The highest BCUT2D eigenvalue weighted by Crippen LogP contribution is 2.33. The van der Waals surface area contributed by atoms with Crippen molar-refractivity contribution in [3.05, 3.63) is 58.7 Å². The molecular formula is C20H21N3O3. The van der Waals surface area contributed by atoms with E-state index >= 15 is 0 Å². The van der Waals surface area contributed by atoms with Crippen molar-refractivity contribution in [1.82, 2.24) is 5.48 Å². The first-order valence-electron chi connectivity index (χ1n) is 8.56. The van der Waals surface area contributed by atoms with Gasteiger partial charge in [0.1, 0.15) is 0 Å². The van der Waals surface area contributed by atoms with Gasteiger partial charge in [-0.15, -0.1) is 0 Å². The second-order valence-corrected chi connectivity index (χ2v) is 5.76. The first kappa shape index (κ1) is 17.8. The molecular weight excluding hydrogens is 330 g/mol. The molecule has 0 amide bonds. The van der Waals surface area contributed by atoms with Crippen LogP contribution in [0.3, 0.4) is 0 Å². The highest BCUT2D eigenvalue weighted by Gasteiger charge is 2.23. The van der Waals surface area contributed by atoms with Crippen molar-refractivity contribution in [3.8, 4) is 17.6 Å². The van der Waals surface area contributed by atoms with Gasteiger partial charge in [0.05, 0.1) is 24.8 Å². The summed E-state index contributed by atoms with van der Waals surface area (Å²) in [4.78, 5) is 10.3. The van der Waals surface area contributed by atoms with Crippen LogP contribution in [0.25, 0.3) is 0 Å². The van der Waals surface area contributed by atoms with E-state index in [0.717, 1.165) is 16.7 Å². The third kappa shape index (κ3) is 3.63. The van der Waals surface area contributed by atoms with Crippen molar-refractivity contribution in [1.29, 1.82) is 5.26 Å². The van der Waals surface area contributed by atoms with Crippen molar-refractivity contribution < 1.29 is 14.3 Å². The van der Waals surface area contributed by atoms with Crippen LogP contribution >= 0.6 is 0 Å². The molecule has 6 heteroatoms. The Morgan fingerprint density at radius 2 is 1.88 bits per heavy atom. The molecule has 0 bridgehead atoms. The zero-order valence-electron chi connectivity index (χ0n) is 15.1. The Morgan fingerprint density at radius 3 is 2.58 bits per heavy atom. The monoisotopic (exact) mass is 351 g/mol. The highest BCUT2D eigenvalue weighted by molar-refractivity contribution is 6.00. The number of amidine groups is 1. The molecule has 0 fully saturated rings. The molecule has 1 unspecified atom stereocenters. The van der Waals surface area contributed by atoms with E-state index in [1.54, 1.807) is 6.07 Å². The van der Waals surface area contributed by atoms with E-state index in [4.69, 9.17) is 19.6 Å². The highest BCUT2D eigenvalue weighted by atomic mass is 16.7. The van der Waals surface area contributed by atoms with Crippen molar-refractivity contribution in [2.24, 2.45) is 4.99 Å². The molecule has 2 aromatic rings. The van der Waals surface area contributed by atoms with E-state index in [9.17, 15) is 0 Å². The van der Waals surface area contributed by atoms with Gasteiger partial charge in [0, 0.05) is 11.1 Å². The van der Waals surface area contributed by atoms with Crippen molar-refractivity contribution >= 4 is 5.84 Å². The van der Waals surface area contributed by atoms with E-state index in [-0.39, 0.29) is 0 Å². The number of ether oxygens (including phenoxy) is 2. The van der Waals surface area contributed by atoms with Crippen LogP contribution in [-0.2, 0) is 4.84 Å². The van der Waals surface area contributed by atoms with Gasteiger partial charge < -0.3 is 9.47 Å². The molecule has 1 atom stereocenters. The Morgan fingerprint density at radius 1 is 1.12 bits per heavy atom. The third-order valence-electron chi connectivity index (χ3n) is 3.98. The van der Waals surface area contributed by atoms with Gasteiger partial charge in [-0.3, -0.25) is 0 Å². The quantitative estimate of drug-likeness (QED) is 0.860. The van der Waals surface area contributed by atoms with Crippen LogP contribution in [0.2, 0.25) is 0 Å². The maximum atomic E-state index is 9.00. The number of aliphatic imine (C=N–C) groups is 1. The lowest BCUT2D eigenvalue weighted by atomic mass is 10.0. The molecule has 1 aliphatic heterocycles. The Kier molecular flexibility index (Phi) is 5.40. The Bertz CT molecular complexity index is 871. The molecule has 2 aromatic carbocycles. The number of rotatable bonds is 6. The van der Waals surface area contributed by atoms with E-state index in [2.05, 4.69) is 16.5 Å². The van der Waals surface area contributed by atoms with Crippen LogP contribution in [0, 0.1) is 18.3 Å². The van der Waals surface area contributed by atoms with E-state index in [0.29, 0.717) is 36.1 Å². The summed E-state index contributed by atoms with van der Waals surface area (Å²) in [7, 11) is 0. The summed E-state index contributed by atoms with van der Waals surface area (Å²) in [6.07, 6.45) is -0.477. The lowest BCUT2D eigenvalue weighted by Gasteiger charge is -2.13. The molecule has 1 heterocycles. The number of aryl methyl sites for hydroxylation is 1. The molecule has 1 N–H and O–H groups in total. The van der Waals surface area contributed by atoms with Gasteiger partial charge in [0.15, 0.2) is 17.3 Å². The summed E-state index contributed by atoms with van der Waals surface area (Å²) >= 11 is 0. The molecule has 0 aromatic heterocycles. The molecule has 0 aliphatic carbocycles. The fraction of sp³-hybridized carbons (Fsp3) is 0.300. The van der Waals surface area contributed by atoms with Gasteiger partial charge in [0.2, 0.25) is 6.23 Å². The largest absolute Gasteiger partial charge is 0.490 e. The predicted octanol–water partition coefficient (Wildman–Crippen LogP) is 3.64. The summed E-state index contributed by atoms with van der Waals surface area (Å²) < 4.78 is 11.3. The van der Waals surface area contributed by atoms with Crippen LogP contribution in [0.5, 0.6) is 11.5 Å². The molecule has 3 rings (SSSR count). The number of nitriles is 1. The maximum Gasteiger partial charge on any atom is 0.202 e. The normalized spacial score (nSPS) is 15.8. The van der Waals surface area contributed by atoms with Crippen LogP contribution in [-0.4, -0.2) is 19.0 Å². The SMILES string of the molecule is CCOc1ccc(C2N=C(c3ccc(C#N)cc3C)NO2)cc1OCC. The first-order valence-corrected chi connectivity index (χ1v) is 8.56. The average Bonchev–Trinajstić information content (AvgIpc) is 3.13. The standard InChI is InChI=1S/C20H21N3O3/c1-4-24-17-9-7-15(11-18(17)25-5-2)20-22-19(23-26-20)16-8-6-14(12-21)10-13(16)3/h6-11,20H,4-5H2,1-3H3,(H,22,23). The zero-order valence-corrected chi connectivity index (χ0v) is 15.1. The summed E-state index contributed by atoms with van der Waals surface area (Å²) in [6.45, 7) is 6.93. The molecule has 0 saturated carbocycles. The number of hydrogen-bond acceptors (Lipinski definition) is 6. The minimum absolute atomic E-state index is 0.477. The average molecular weight is 351 g/mol. The molecule has 6 nitrogen and oxygen atoms in total. The van der Waals surface area contributed by atoms with Crippen molar-refractivity contribution in [3.63, 3.8) is 0 Å².